The van der Waals surface area contributed by atoms with Crippen LogP contribution in [0.2, 0.25) is 0 Å². The molecule has 0 aliphatic heterocycles. The Balaban J connectivity index is 1.46. The van der Waals surface area contributed by atoms with E-state index in [-0.39, 0.29) is 18.4 Å². The quantitative estimate of drug-likeness (QED) is 0.381. The van der Waals surface area contributed by atoms with Crippen molar-refractivity contribution in [1.82, 2.24) is 14.9 Å². The number of nitrogens with zero attached hydrogens (tertiary/aromatic N) is 3. The monoisotopic (exact) mass is 452 g/mol. The number of imidazole rings is 1. The van der Waals surface area contributed by atoms with Gasteiger partial charge in [0, 0.05) is 31.3 Å². The highest BCUT2D eigenvalue weighted by Crippen LogP contribution is 2.19. The minimum absolute atomic E-state index is 0.00654. The van der Waals surface area contributed by atoms with Crippen molar-refractivity contribution in [3.8, 4) is 0 Å². The van der Waals surface area contributed by atoms with Crippen LogP contribution in [0.1, 0.15) is 18.3 Å². The summed E-state index contributed by atoms with van der Waals surface area (Å²) in [4.78, 5) is 32.0. The van der Waals surface area contributed by atoms with Crippen LogP contribution < -0.4 is 10.2 Å². The molecule has 34 heavy (non-hydrogen) atoms. The zero-order chi connectivity index (χ0) is 23.8. The van der Waals surface area contributed by atoms with Crippen molar-refractivity contribution >= 4 is 34.6 Å². The highest BCUT2D eigenvalue weighted by Gasteiger charge is 2.18. The minimum Gasteiger partial charge on any atom is -0.352 e. The number of aromatic nitrogens is 2. The Morgan fingerprint density at radius 1 is 0.941 bits per heavy atom. The maximum atomic E-state index is 13.2. The molecule has 1 aromatic heterocycles. The van der Waals surface area contributed by atoms with E-state index in [2.05, 4.69) is 5.32 Å². The standard InChI is InChI=1S/C28H28N4O2/c1-2-31(23-13-7-4-8-14-23)28(34)21-32-25-16-10-9-15-24(25)30-26(32)19-20-29-27(33)18-17-22-11-5-3-6-12-22/h3-18H,2,19-21H2,1H3,(H,29,33)/b18-17+. The third kappa shape index (κ3) is 5.59. The highest BCUT2D eigenvalue weighted by molar-refractivity contribution is 5.94. The average Bonchev–Trinajstić information content (AvgIpc) is 3.21. The van der Waals surface area contributed by atoms with Crippen LogP contribution in [0.3, 0.4) is 0 Å². The SMILES string of the molecule is CCN(C(=O)Cn1c(CCNC(=O)/C=C/c2ccccc2)nc2ccccc21)c1ccccc1. The van der Waals surface area contributed by atoms with Crippen LogP contribution in [0, 0.1) is 0 Å². The van der Waals surface area contributed by atoms with Crippen LogP contribution >= 0.6 is 0 Å². The lowest BCUT2D eigenvalue weighted by molar-refractivity contribution is -0.119. The van der Waals surface area contributed by atoms with E-state index < -0.39 is 0 Å². The second-order valence-electron chi connectivity index (χ2n) is 7.86. The molecule has 0 bridgehead atoms. The molecule has 1 heterocycles. The largest absolute Gasteiger partial charge is 0.352 e. The van der Waals surface area contributed by atoms with Gasteiger partial charge in [0.2, 0.25) is 11.8 Å². The number of anilines is 1. The summed E-state index contributed by atoms with van der Waals surface area (Å²) < 4.78 is 1.95. The van der Waals surface area contributed by atoms with Crippen LogP contribution in [-0.2, 0) is 22.6 Å². The maximum absolute atomic E-state index is 13.2. The lowest BCUT2D eigenvalue weighted by atomic mass is 10.2. The third-order valence-electron chi connectivity index (χ3n) is 5.59. The van der Waals surface area contributed by atoms with Crippen molar-refractivity contribution in [2.24, 2.45) is 0 Å². The summed E-state index contributed by atoms with van der Waals surface area (Å²) in [5.74, 6) is 0.600. The summed E-state index contributed by atoms with van der Waals surface area (Å²) in [6.45, 7) is 3.15. The van der Waals surface area contributed by atoms with Crippen molar-refractivity contribution in [3.05, 3.63) is 102 Å². The van der Waals surface area contributed by atoms with Crippen LogP contribution in [0.15, 0.2) is 91.0 Å². The van der Waals surface area contributed by atoms with Gasteiger partial charge in [-0.15, -0.1) is 0 Å². The summed E-state index contributed by atoms with van der Waals surface area (Å²) in [7, 11) is 0. The van der Waals surface area contributed by atoms with E-state index in [9.17, 15) is 9.59 Å². The smallest absolute Gasteiger partial charge is 0.246 e. The number of amides is 2. The first kappa shape index (κ1) is 23.0. The molecule has 0 radical (unpaired) electrons. The fourth-order valence-corrected chi connectivity index (χ4v) is 3.92. The van der Waals surface area contributed by atoms with Crippen molar-refractivity contribution < 1.29 is 9.59 Å². The van der Waals surface area contributed by atoms with Gasteiger partial charge in [-0.3, -0.25) is 9.59 Å². The predicted molar refractivity (Wildman–Crippen MR) is 136 cm³/mol. The van der Waals surface area contributed by atoms with Gasteiger partial charge in [0.25, 0.3) is 0 Å². The average molecular weight is 453 g/mol. The maximum Gasteiger partial charge on any atom is 0.246 e. The topological polar surface area (TPSA) is 67.2 Å². The molecule has 172 valence electrons. The Labute approximate surface area is 199 Å². The van der Waals surface area contributed by atoms with Crippen LogP contribution in [-0.4, -0.2) is 34.5 Å². The number of likely N-dealkylation sites (N-methyl/N-ethyl adjacent to an activating group) is 1. The molecule has 2 amide bonds. The molecular formula is C28H28N4O2. The molecule has 4 aromatic rings. The van der Waals surface area contributed by atoms with Crippen molar-refractivity contribution in [2.45, 2.75) is 19.9 Å². The number of benzene rings is 3. The van der Waals surface area contributed by atoms with Crippen molar-refractivity contribution in [2.75, 3.05) is 18.0 Å². The number of nitrogens with one attached hydrogen (secondary N) is 1. The number of rotatable bonds is 9. The molecule has 1 N–H and O–H groups in total. The van der Waals surface area contributed by atoms with E-state index in [1.807, 2.05) is 96.4 Å². The first-order valence-corrected chi connectivity index (χ1v) is 11.5. The van der Waals surface area contributed by atoms with Gasteiger partial charge in [-0.25, -0.2) is 4.98 Å². The van der Waals surface area contributed by atoms with Gasteiger partial charge in [0.05, 0.1) is 11.0 Å². The zero-order valence-corrected chi connectivity index (χ0v) is 19.2. The predicted octanol–water partition coefficient (Wildman–Crippen LogP) is 4.46. The number of para-hydroxylation sites is 3. The fraction of sp³-hybridized carbons (Fsp3) is 0.179. The lowest BCUT2D eigenvalue weighted by Gasteiger charge is -2.22. The van der Waals surface area contributed by atoms with Crippen LogP contribution in [0.5, 0.6) is 0 Å². The van der Waals surface area contributed by atoms with Gasteiger partial charge in [0.15, 0.2) is 0 Å². The van der Waals surface area contributed by atoms with Crippen LogP contribution in [0.25, 0.3) is 17.1 Å². The van der Waals surface area contributed by atoms with E-state index in [4.69, 9.17) is 4.98 Å². The first-order chi connectivity index (χ1) is 16.7. The highest BCUT2D eigenvalue weighted by atomic mass is 16.2. The Hall–Kier alpha value is -4.19. The zero-order valence-electron chi connectivity index (χ0n) is 19.2. The van der Waals surface area contributed by atoms with Crippen molar-refractivity contribution in [1.29, 1.82) is 0 Å². The molecule has 0 aliphatic carbocycles. The number of fused-ring (bicyclic) bond motifs is 1. The summed E-state index contributed by atoms with van der Waals surface area (Å²) in [5, 5.41) is 2.91. The Morgan fingerprint density at radius 2 is 1.62 bits per heavy atom. The van der Waals surface area contributed by atoms with E-state index >= 15 is 0 Å². The number of carbonyl (C=O) groups excluding carboxylic acids is 2. The van der Waals surface area contributed by atoms with Gasteiger partial charge in [-0.1, -0.05) is 60.7 Å². The van der Waals surface area contributed by atoms with Gasteiger partial charge < -0.3 is 14.8 Å². The molecule has 6 heteroatoms. The first-order valence-electron chi connectivity index (χ1n) is 11.5. The molecule has 0 spiro atoms. The second-order valence-corrected chi connectivity index (χ2v) is 7.86. The fourth-order valence-electron chi connectivity index (χ4n) is 3.92. The molecule has 4 rings (SSSR count). The van der Waals surface area contributed by atoms with Crippen molar-refractivity contribution in [3.63, 3.8) is 0 Å². The summed E-state index contributed by atoms with van der Waals surface area (Å²) in [6, 6.07) is 27.1. The lowest BCUT2D eigenvalue weighted by Crippen LogP contribution is -2.34. The second kappa shape index (κ2) is 11.1. The van der Waals surface area contributed by atoms with E-state index in [1.54, 1.807) is 11.0 Å². The summed E-state index contributed by atoms with van der Waals surface area (Å²) in [6.07, 6.45) is 3.83. The molecule has 0 aliphatic rings. The van der Waals surface area contributed by atoms with E-state index in [1.165, 1.54) is 6.08 Å². The van der Waals surface area contributed by atoms with Gasteiger partial charge in [0.1, 0.15) is 12.4 Å². The summed E-state index contributed by atoms with van der Waals surface area (Å²) >= 11 is 0. The Morgan fingerprint density at radius 3 is 2.35 bits per heavy atom. The van der Waals surface area contributed by atoms with Gasteiger partial charge >= 0.3 is 0 Å². The minimum atomic E-state index is -0.163. The Kier molecular flexibility index (Phi) is 7.50. The molecule has 0 saturated carbocycles. The number of hydrogen-bond donors (Lipinski definition) is 1. The molecular weight excluding hydrogens is 424 g/mol. The van der Waals surface area contributed by atoms with Crippen LogP contribution in [0.4, 0.5) is 5.69 Å². The molecule has 6 nitrogen and oxygen atoms in total. The molecule has 0 fully saturated rings. The van der Waals surface area contributed by atoms with E-state index in [0.717, 1.165) is 28.1 Å². The van der Waals surface area contributed by atoms with E-state index in [0.29, 0.717) is 19.5 Å². The van der Waals surface area contributed by atoms with Gasteiger partial charge in [-0.05, 0) is 42.8 Å². The Bertz CT molecular complexity index is 1280. The third-order valence-corrected chi connectivity index (χ3v) is 5.59. The number of hydrogen-bond acceptors (Lipinski definition) is 3. The molecule has 3 aromatic carbocycles. The normalized spacial score (nSPS) is 11.1. The molecule has 0 unspecified atom stereocenters. The summed E-state index contributed by atoms with van der Waals surface area (Å²) in [5.41, 5.74) is 3.59. The molecule has 0 saturated heterocycles. The molecule has 0 atom stereocenters. The van der Waals surface area contributed by atoms with Gasteiger partial charge in [-0.2, -0.15) is 0 Å². The number of carbonyl (C=O) groups is 2.